The average molecular weight is 438 g/mol. The minimum atomic E-state index is -6.07. The van der Waals surface area contributed by atoms with Crippen LogP contribution in [0.2, 0.25) is 0 Å². The zero-order valence-electron chi connectivity index (χ0n) is 13.1. The monoisotopic (exact) mass is 438 g/mol. The van der Waals surface area contributed by atoms with E-state index in [2.05, 4.69) is 4.18 Å². The lowest BCUT2D eigenvalue weighted by Crippen LogP contribution is -2.28. The number of hydrogen-bond donors (Lipinski definition) is 0. The van der Waals surface area contributed by atoms with Crippen molar-refractivity contribution in [3.63, 3.8) is 0 Å². The Hall–Kier alpha value is -2.44. The summed E-state index contributed by atoms with van der Waals surface area (Å²) in [6, 6.07) is 3.74. The van der Waals surface area contributed by atoms with Crippen molar-refractivity contribution in [2.45, 2.75) is 17.9 Å². The molecule has 0 bridgehead atoms. The lowest BCUT2D eigenvalue weighted by molar-refractivity contribution is -0.143. The van der Waals surface area contributed by atoms with Gasteiger partial charge in [0, 0.05) is 0 Å². The van der Waals surface area contributed by atoms with Gasteiger partial charge in [-0.05, 0) is 41.5 Å². The SMILES string of the molecule is O=S(=O)(Oc1cccc(-c2cc(C(F)(F)F)cc(C(F)(F)F)c2)c1)C(F)(F)F. The summed E-state index contributed by atoms with van der Waals surface area (Å²) >= 11 is 0. The predicted octanol–water partition coefficient (Wildman–Crippen LogP) is 5.62. The second-order valence-corrected chi connectivity index (χ2v) is 6.84. The summed E-state index contributed by atoms with van der Waals surface area (Å²) < 4.78 is 140. The molecule has 0 unspecified atom stereocenters. The van der Waals surface area contributed by atoms with Gasteiger partial charge in [0.2, 0.25) is 0 Å². The molecule has 0 radical (unpaired) electrons. The third-order valence-corrected chi connectivity index (χ3v) is 4.22. The van der Waals surface area contributed by atoms with Gasteiger partial charge in [-0.25, -0.2) is 0 Å². The van der Waals surface area contributed by atoms with E-state index in [9.17, 15) is 47.9 Å². The molecule has 28 heavy (non-hydrogen) atoms. The highest BCUT2D eigenvalue weighted by molar-refractivity contribution is 7.88. The van der Waals surface area contributed by atoms with Crippen LogP contribution in [0, 0.1) is 0 Å². The molecule has 154 valence electrons. The van der Waals surface area contributed by atoms with E-state index in [0.717, 1.165) is 18.2 Å². The fourth-order valence-corrected chi connectivity index (χ4v) is 2.47. The standard InChI is InChI=1S/C15H7F9O3S/c16-13(17,18)10-4-9(5-11(7-10)14(19,20)21)8-2-1-3-12(6-8)27-28(25,26)15(22,23)24/h1-7H. The lowest BCUT2D eigenvalue weighted by atomic mass is 9.99. The third kappa shape index (κ3) is 4.88. The van der Waals surface area contributed by atoms with Gasteiger partial charge in [0.25, 0.3) is 0 Å². The van der Waals surface area contributed by atoms with E-state index in [1.165, 1.54) is 0 Å². The number of alkyl halides is 9. The highest BCUT2D eigenvalue weighted by Crippen LogP contribution is 2.39. The Morgan fingerprint density at radius 1 is 0.679 bits per heavy atom. The lowest BCUT2D eigenvalue weighted by Gasteiger charge is -2.15. The second kappa shape index (κ2) is 6.87. The molecule has 0 fully saturated rings. The molecule has 0 aliphatic rings. The normalized spacial score (nSPS) is 13.5. The van der Waals surface area contributed by atoms with E-state index >= 15 is 0 Å². The molecule has 3 nitrogen and oxygen atoms in total. The Kier molecular flexibility index (Phi) is 5.36. The Labute approximate surface area is 151 Å². The quantitative estimate of drug-likeness (QED) is 0.355. The fraction of sp³-hybridized carbons (Fsp3) is 0.200. The van der Waals surface area contributed by atoms with Gasteiger partial charge < -0.3 is 4.18 Å². The molecule has 2 aromatic rings. The maximum absolute atomic E-state index is 12.9. The van der Waals surface area contributed by atoms with E-state index in [1.807, 2.05) is 0 Å². The average Bonchev–Trinajstić information content (AvgIpc) is 2.51. The maximum atomic E-state index is 12.9. The van der Waals surface area contributed by atoms with E-state index in [1.54, 1.807) is 0 Å². The highest BCUT2D eigenvalue weighted by Gasteiger charge is 2.48. The molecule has 0 atom stereocenters. The van der Waals surface area contributed by atoms with Gasteiger partial charge in [-0.3, -0.25) is 0 Å². The van der Waals surface area contributed by atoms with Crippen LogP contribution in [-0.4, -0.2) is 13.9 Å². The van der Waals surface area contributed by atoms with E-state index in [4.69, 9.17) is 0 Å². The Morgan fingerprint density at radius 3 is 1.61 bits per heavy atom. The molecule has 0 amide bonds. The van der Waals surface area contributed by atoms with Crippen LogP contribution in [0.15, 0.2) is 42.5 Å². The Bertz CT molecular complexity index is 941. The van der Waals surface area contributed by atoms with Crippen molar-refractivity contribution in [3.8, 4) is 16.9 Å². The third-order valence-electron chi connectivity index (χ3n) is 3.24. The molecule has 0 heterocycles. The van der Waals surface area contributed by atoms with Gasteiger partial charge in [-0.1, -0.05) is 12.1 Å². The smallest absolute Gasteiger partial charge is 0.376 e. The number of benzene rings is 2. The molecule has 0 aliphatic heterocycles. The van der Waals surface area contributed by atoms with E-state index in [0.29, 0.717) is 18.2 Å². The summed E-state index contributed by atoms with van der Waals surface area (Å²) in [5.74, 6) is -0.944. The molecule has 0 aliphatic carbocycles. The molecule has 2 aromatic carbocycles. The summed E-state index contributed by atoms with van der Waals surface area (Å²) in [4.78, 5) is 0. The van der Waals surface area contributed by atoms with Crippen molar-refractivity contribution in [1.82, 2.24) is 0 Å². The van der Waals surface area contributed by atoms with Crippen molar-refractivity contribution in [1.29, 1.82) is 0 Å². The number of rotatable bonds is 3. The minimum absolute atomic E-state index is 0.127. The van der Waals surface area contributed by atoms with Crippen LogP contribution in [0.25, 0.3) is 11.1 Å². The first-order valence-corrected chi connectivity index (χ1v) is 8.32. The maximum Gasteiger partial charge on any atom is 0.534 e. The first-order chi connectivity index (χ1) is 12.5. The minimum Gasteiger partial charge on any atom is -0.376 e. The van der Waals surface area contributed by atoms with Gasteiger partial charge in [-0.2, -0.15) is 47.9 Å². The first-order valence-electron chi connectivity index (χ1n) is 6.91. The summed E-state index contributed by atoms with van der Waals surface area (Å²) in [6.45, 7) is 0. The molecule has 0 saturated heterocycles. The molecule has 0 aromatic heterocycles. The van der Waals surface area contributed by atoms with Crippen LogP contribution < -0.4 is 4.18 Å². The number of halogens is 9. The van der Waals surface area contributed by atoms with Crippen LogP contribution in [0.1, 0.15) is 11.1 Å². The first kappa shape index (κ1) is 21.9. The van der Waals surface area contributed by atoms with Gasteiger partial charge >= 0.3 is 28.0 Å². The molecular weight excluding hydrogens is 431 g/mol. The number of hydrogen-bond acceptors (Lipinski definition) is 3. The zero-order valence-corrected chi connectivity index (χ0v) is 13.9. The summed E-state index contributed by atoms with van der Waals surface area (Å²) in [5.41, 5.74) is -10.1. The van der Waals surface area contributed by atoms with Crippen molar-refractivity contribution in [2.24, 2.45) is 0 Å². The van der Waals surface area contributed by atoms with Crippen molar-refractivity contribution >= 4 is 10.1 Å². The largest absolute Gasteiger partial charge is 0.534 e. The topological polar surface area (TPSA) is 43.4 Å². The van der Waals surface area contributed by atoms with Crippen LogP contribution in [0.5, 0.6) is 5.75 Å². The van der Waals surface area contributed by atoms with Crippen LogP contribution in [0.4, 0.5) is 39.5 Å². The molecule has 0 N–H and O–H groups in total. The van der Waals surface area contributed by atoms with Crippen molar-refractivity contribution < 1.29 is 52.1 Å². The van der Waals surface area contributed by atoms with Crippen LogP contribution in [0.3, 0.4) is 0 Å². The highest BCUT2D eigenvalue weighted by atomic mass is 32.2. The Balaban J connectivity index is 2.57. The van der Waals surface area contributed by atoms with Crippen molar-refractivity contribution in [3.05, 3.63) is 53.6 Å². The van der Waals surface area contributed by atoms with Gasteiger partial charge in [0.15, 0.2) is 0 Å². The Morgan fingerprint density at radius 2 is 1.18 bits per heavy atom. The summed E-state index contributed by atoms with van der Waals surface area (Å²) in [6.07, 6.45) is -10.3. The van der Waals surface area contributed by atoms with E-state index in [-0.39, 0.29) is 6.07 Å². The van der Waals surface area contributed by atoms with Gasteiger partial charge in [-0.15, -0.1) is 0 Å². The van der Waals surface area contributed by atoms with Crippen molar-refractivity contribution in [2.75, 3.05) is 0 Å². The van der Waals surface area contributed by atoms with Crippen LogP contribution in [-0.2, 0) is 22.5 Å². The van der Waals surface area contributed by atoms with E-state index < -0.39 is 56.0 Å². The fourth-order valence-electron chi connectivity index (χ4n) is 2.02. The van der Waals surface area contributed by atoms with Gasteiger partial charge in [0.05, 0.1) is 11.1 Å². The molecular formula is C15H7F9O3S. The zero-order chi connectivity index (χ0) is 21.5. The summed E-state index contributed by atoms with van der Waals surface area (Å²) in [7, 11) is -6.07. The molecule has 0 saturated carbocycles. The predicted molar refractivity (Wildman–Crippen MR) is 77.5 cm³/mol. The second-order valence-electron chi connectivity index (χ2n) is 5.31. The molecule has 13 heteroatoms. The van der Waals surface area contributed by atoms with Crippen LogP contribution >= 0.6 is 0 Å². The molecule has 0 spiro atoms. The molecule has 2 rings (SSSR count). The summed E-state index contributed by atoms with van der Waals surface area (Å²) in [5, 5.41) is 0. The van der Waals surface area contributed by atoms with Gasteiger partial charge in [0.1, 0.15) is 5.75 Å².